The van der Waals surface area contributed by atoms with Gasteiger partial charge in [0.2, 0.25) is 0 Å². The number of benzene rings is 1. The minimum Gasteiger partial charge on any atom is -0.377 e. The summed E-state index contributed by atoms with van der Waals surface area (Å²) in [6.45, 7) is 3.17. The van der Waals surface area contributed by atoms with E-state index in [-0.39, 0.29) is 24.0 Å². The van der Waals surface area contributed by atoms with Crippen molar-refractivity contribution in [2.24, 2.45) is 10.8 Å². The van der Waals surface area contributed by atoms with Crippen molar-refractivity contribution in [1.29, 1.82) is 0 Å². The average Bonchev–Trinajstić information content (AvgIpc) is 2.74. The number of hydrogen-bond donors (Lipinski definition) is 1. The van der Waals surface area contributed by atoms with Crippen molar-refractivity contribution < 1.29 is 0 Å². The predicted octanol–water partition coefficient (Wildman–Crippen LogP) is 3.45. The zero-order valence-corrected chi connectivity index (χ0v) is 14.5. The zero-order valence-electron chi connectivity index (χ0n) is 11.3. The van der Waals surface area contributed by atoms with E-state index in [1.807, 2.05) is 6.26 Å². The van der Waals surface area contributed by atoms with Crippen molar-refractivity contribution >= 4 is 46.6 Å². The van der Waals surface area contributed by atoms with E-state index in [9.17, 15) is 0 Å². The fraction of sp³-hybridized carbons (Fsp3) is 0.500. The summed E-state index contributed by atoms with van der Waals surface area (Å²) in [6, 6.07) is 4.52. The second-order valence-electron chi connectivity index (χ2n) is 5.12. The summed E-state index contributed by atoms with van der Waals surface area (Å²) < 4.78 is 0. The highest BCUT2D eigenvalue weighted by Gasteiger charge is 2.34. The molecule has 5 heteroatoms. The molecule has 1 unspecified atom stereocenters. The summed E-state index contributed by atoms with van der Waals surface area (Å²) in [5.41, 5.74) is 11.6. The molecular weight excluding hydrogens is 369 g/mol. The van der Waals surface area contributed by atoms with Gasteiger partial charge in [0.15, 0.2) is 5.17 Å². The van der Waals surface area contributed by atoms with Gasteiger partial charge in [0.1, 0.15) is 0 Å². The van der Waals surface area contributed by atoms with Gasteiger partial charge in [-0.05, 0) is 49.1 Å². The molecule has 3 nitrogen and oxygen atoms in total. The highest BCUT2D eigenvalue weighted by atomic mass is 127. The first-order chi connectivity index (χ1) is 8.70. The second-order valence-corrected chi connectivity index (χ2v) is 5.94. The van der Waals surface area contributed by atoms with Crippen molar-refractivity contribution in [3.63, 3.8) is 0 Å². The highest BCUT2D eigenvalue weighted by molar-refractivity contribution is 14.0. The molecule has 0 saturated carbocycles. The quantitative estimate of drug-likeness (QED) is 0.455. The number of nitrogens with zero attached hydrogens (tertiary/aromatic N) is 2. The zero-order chi connectivity index (χ0) is 12.7. The average molecular weight is 389 g/mol. The van der Waals surface area contributed by atoms with Gasteiger partial charge < -0.3 is 5.73 Å². The first-order valence-electron chi connectivity index (χ1n) is 6.48. The molecule has 1 atom stereocenters. The van der Waals surface area contributed by atoms with E-state index in [4.69, 9.17) is 5.73 Å². The largest absolute Gasteiger partial charge is 0.377 e. The van der Waals surface area contributed by atoms with E-state index in [2.05, 4.69) is 29.2 Å². The molecule has 0 radical (unpaired) electrons. The van der Waals surface area contributed by atoms with Crippen LogP contribution < -0.4 is 10.7 Å². The molecule has 1 aliphatic carbocycles. The molecule has 2 aliphatic rings. The summed E-state index contributed by atoms with van der Waals surface area (Å²) in [5.74, 6) is 0.655. The number of anilines is 1. The Morgan fingerprint density at radius 3 is 3.00 bits per heavy atom. The predicted molar refractivity (Wildman–Crippen MR) is 94.8 cm³/mol. The molecule has 0 saturated heterocycles. The molecule has 0 amide bonds. The van der Waals surface area contributed by atoms with E-state index < -0.39 is 0 Å². The van der Waals surface area contributed by atoms with E-state index in [1.54, 1.807) is 5.56 Å². The van der Waals surface area contributed by atoms with Crippen molar-refractivity contribution in [2.45, 2.75) is 32.1 Å². The Kier molecular flexibility index (Phi) is 4.66. The Hall–Kier alpha value is -0.430. The van der Waals surface area contributed by atoms with Crippen LogP contribution in [0.5, 0.6) is 0 Å². The van der Waals surface area contributed by atoms with Gasteiger partial charge in [-0.2, -0.15) is 0 Å². The maximum absolute atomic E-state index is 5.87. The van der Waals surface area contributed by atoms with Gasteiger partial charge in [-0.1, -0.05) is 23.9 Å². The van der Waals surface area contributed by atoms with Crippen LogP contribution in [0.1, 0.15) is 35.4 Å². The molecule has 19 heavy (non-hydrogen) atoms. The first kappa shape index (κ1) is 15.0. The van der Waals surface area contributed by atoms with Gasteiger partial charge in [0.25, 0.3) is 0 Å². The van der Waals surface area contributed by atoms with Crippen LogP contribution >= 0.6 is 35.7 Å². The lowest BCUT2D eigenvalue weighted by Crippen LogP contribution is -2.20. The number of halogens is 1. The van der Waals surface area contributed by atoms with Gasteiger partial charge >= 0.3 is 0 Å². The standard InChI is InChI=1S/C14H19N3S.HI/c1-9-6-7-10-4-3-5-11-8-17(13(9)12(10)11)16-14(15)18-2;/h6-7,11H,3-5,8H2,1-2H3,(H2,15,16);1H. The van der Waals surface area contributed by atoms with Crippen molar-refractivity contribution in [3.05, 3.63) is 28.8 Å². The first-order valence-corrected chi connectivity index (χ1v) is 7.71. The third kappa shape index (κ3) is 2.59. The normalized spacial score (nSPS) is 21.1. The topological polar surface area (TPSA) is 41.6 Å². The molecule has 0 aromatic heterocycles. The molecule has 0 spiro atoms. The number of amidine groups is 1. The number of thioether (sulfide) groups is 1. The minimum atomic E-state index is 0. The highest BCUT2D eigenvalue weighted by Crippen LogP contribution is 2.46. The third-order valence-corrected chi connectivity index (χ3v) is 4.50. The number of nitrogens with two attached hydrogens (primary N) is 1. The fourth-order valence-corrected chi connectivity index (χ4v) is 3.37. The Bertz CT molecular complexity index is 516. The minimum absolute atomic E-state index is 0. The van der Waals surface area contributed by atoms with Crippen molar-refractivity contribution in [2.75, 3.05) is 17.8 Å². The van der Waals surface area contributed by atoms with Gasteiger partial charge in [-0.25, -0.2) is 0 Å². The van der Waals surface area contributed by atoms with Gasteiger partial charge in [-0.3, -0.25) is 5.01 Å². The molecule has 3 rings (SSSR count). The number of hydrazone groups is 1. The van der Waals surface area contributed by atoms with Gasteiger partial charge in [-0.15, -0.1) is 29.1 Å². The Labute approximate surface area is 136 Å². The number of hydrogen-bond acceptors (Lipinski definition) is 3. The molecule has 1 aliphatic heterocycles. The molecule has 2 N–H and O–H groups in total. The molecule has 1 aromatic rings. The van der Waals surface area contributed by atoms with E-state index in [1.165, 1.54) is 47.8 Å². The molecular formula is C14H20IN3S. The molecule has 0 bridgehead atoms. The molecule has 104 valence electrons. The molecule has 1 heterocycles. The van der Waals surface area contributed by atoms with Crippen LogP contribution in [0.2, 0.25) is 0 Å². The van der Waals surface area contributed by atoms with E-state index >= 15 is 0 Å². The van der Waals surface area contributed by atoms with Crippen LogP contribution in [-0.4, -0.2) is 18.0 Å². The summed E-state index contributed by atoms with van der Waals surface area (Å²) in [4.78, 5) is 0. The Morgan fingerprint density at radius 1 is 1.47 bits per heavy atom. The maximum atomic E-state index is 5.87. The Balaban J connectivity index is 0.00000133. The van der Waals surface area contributed by atoms with Crippen LogP contribution in [0.3, 0.4) is 0 Å². The number of rotatable bonds is 1. The summed E-state index contributed by atoms with van der Waals surface area (Å²) in [7, 11) is 0. The van der Waals surface area contributed by atoms with E-state index in [0.29, 0.717) is 11.1 Å². The van der Waals surface area contributed by atoms with Crippen LogP contribution in [0.15, 0.2) is 17.2 Å². The maximum Gasteiger partial charge on any atom is 0.178 e. The number of aryl methyl sites for hydroxylation is 2. The summed E-state index contributed by atoms with van der Waals surface area (Å²) in [5, 5.41) is 7.32. The SMILES string of the molecule is CSC(N)=NN1CC2CCCc3ccc(C)c1c32.I. The fourth-order valence-electron chi connectivity index (χ4n) is 3.19. The van der Waals surface area contributed by atoms with Crippen molar-refractivity contribution in [3.8, 4) is 0 Å². The van der Waals surface area contributed by atoms with Crippen molar-refractivity contribution in [1.82, 2.24) is 0 Å². The lowest BCUT2D eigenvalue weighted by atomic mass is 9.83. The molecule has 1 aromatic carbocycles. The van der Waals surface area contributed by atoms with E-state index in [0.717, 1.165) is 6.54 Å². The van der Waals surface area contributed by atoms with Crippen LogP contribution in [-0.2, 0) is 6.42 Å². The Morgan fingerprint density at radius 2 is 2.26 bits per heavy atom. The lowest BCUT2D eigenvalue weighted by molar-refractivity contribution is 0.576. The van der Waals surface area contributed by atoms with Gasteiger partial charge in [0.05, 0.1) is 5.69 Å². The van der Waals surface area contributed by atoms with Crippen LogP contribution in [0.4, 0.5) is 5.69 Å². The molecule has 0 fully saturated rings. The van der Waals surface area contributed by atoms with Crippen LogP contribution in [0.25, 0.3) is 0 Å². The lowest BCUT2D eigenvalue weighted by Gasteiger charge is -2.20. The second kappa shape index (κ2) is 5.91. The van der Waals surface area contributed by atoms with Gasteiger partial charge in [0, 0.05) is 12.5 Å². The summed E-state index contributed by atoms with van der Waals surface area (Å²) in [6.07, 6.45) is 5.77. The monoisotopic (exact) mass is 389 g/mol. The third-order valence-electron chi connectivity index (χ3n) is 4.00. The summed E-state index contributed by atoms with van der Waals surface area (Å²) >= 11 is 1.51. The smallest absolute Gasteiger partial charge is 0.178 e. The van der Waals surface area contributed by atoms with Crippen LogP contribution in [0, 0.1) is 6.92 Å².